The zero-order valence-corrected chi connectivity index (χ0v) is 10.7. The molecule has 0 unspecified atom stereocenters. The first-order valence-electron chi connectivity index (χ1n) is 5.24. The summed E-state index contributed by atoms with van der Waals surface area (Å²) >= 11 is 1.08. The lowest BCUT2D eigenvalue weighted by Gasteiger charge is -2.12. The maximum atomic E-state index is 12.8. The van der Waals surface area contributed by atoms with Gasteiger partial charge in [-0.1, -0.05) is 17.8 Å². The molecule has 102 valence electrons. The van der Waals surface area contributed by atoms with Crippen LogP contribution in [0.25, 0.3) is 0 Å². The number of aromatic nitrogens is 3. The van der Waals surface area contributed by atoms with Crippen molar-refractivity contribution in [1.82, 2.24) is 14.8 Å². The fourth-order valence-electron chi connectivity index (χ4n) is 1.50. The summed E-state index contributed by atoms with van der Waals surface area (Å²) in [7, 11) is 1.65. The molecule has 2 aromatic rings. The molecular weight excluding hydrogens is 279 g/mol. The molecule has 1 aromatic carbocycles. The fourth-order valence-corrected chi connectivity index (χ4v) is 2.31. The van der Waals surface area contributed by atoms with E-state index in [-0.39, 0.29) is 5.56 Å². The normalized spacial score (nSPS) is 11.8. The third-order valence-corrected chi connectivity index (χ3v) is 3.48. The van der Waals surface area contributed by atoms with Gasteiger partial charge in [-0.05, 0) is 17.7 Å². The van der Waals surface area contributed by atoms with E-state index in [4.69, 9.17) is 5.11 Å². The predicted molar refractivity (Wildman–Crippen MR) is 62.5 cm³/mol. The van der Waals surface area contributed by atoms with Gasteiger partial charge in [0.05, 0.1) is 12.2 Å². The Morgan fingerprint density at radius 1 is 1.37 bits per heavy atom. The third-order valence-electron chi connectivity index (χ3n) is 2.44. The van der Waals surface area contributed by atoms with Crippen molar-refractivity contribution in [3.8, 4) is 0 Å². The van der Waals surface area contributed by atoms with Crippen LogP contribution in [0, 0.1) is 0 Å². The second-order valence-corrected chi connectivity index (χ2v) is 4.78. The van der Waals surface area contributed by atoms with Crippen molar-refractivity contribution in [3.63, 3.8) is 0 Å². The monoisotopic (exact) mass is 289 g/mol. The fraction of sp³-hybridized carbons (Fsp3) is 0.273. The highest BCUT2D eigenvalue weighted by Crippen LogP contribution is 2.36. The number of rotatable bonds is 3. The first-order chi connectivity index (χ1) is 8.91. The molecule has 1 aromatic heterocycles. The Kier molecular flexibility index (Phi) is 3.81. The van der Waals surface area contributed by atoms with Crippen molar-refractivity contribution in [2.75, 3.05) is 0 Å². The number of hydrogen-bond acceptors (Lipinski definition) is 4. The predicted octanol–water partition coefficient (Wildman–Crippen LogP) is 2.48. The van der Waals surface area contributed by atoms with Crippen LogP contribution in [0.3, 0.4) is 0 Å². The van der Waals surface area contributed by atoms with E-state index in [1.807, 2.05) is 0 Å². The van der Waals surface area contributed by atoms with Crippen molar-refractivity contribution in [2.45, 2.75) is 22.8 Å². The average Bonchev–Trinajstić information content (AvgIpc) is 2.74. The molecule has 0 fully saturated rings. The number of hydrogen-bond donors (Lipinski definition) is 1. The Balaban J connectivity index is 2.36. The molecular formula is C11H10F3N3OS. The zero-order chi connectivity index (χ0) is 14.0. The van der Waals surface area contributed by atoms with Crippen molar-refractivity contribution in [2.24, 2.45) is 7.05 Å². The van der Waals surface area contributed by atoms with Crippen LogP contribution in [0.1, 0.15) is 11.1 Å². The Bertz CT molecular complexity index is 583. The minimum atomic E-state index is -4.49. The first kappa shape index (κ1) is 13.9. The van der Waals surface area contributed by atoms with E-state index in [1.54, 1.807) is 7.05 Å². The number of alkyl halides is 3. The van der Waals surface area contributed by atoms with Crippen LogP contribution in [-0.4, -0.2) is 19.9 Å². The van der Waals surface area contributed by atoms with E-state index >= 15 is 0 Å². The van der Waals surface area contributed by atoms with Crippen LogP contribution in [0.5, 0.6) is 0 Å². The molecule has 19 heavy (non-hydrogen) atoms. The molecule has 0 saturated carbocycles. The summed E-state index contributed by atoms with van der Waals surface area (Å²) in [6.07, 6.45) is -3.16. The van der Waals surface area contributed by atoms with Crippen LogP contribution in [0.4, 0.5) is 13.2 Å². The molecule has 0 aliphatic rings. The van der Waals surface area contributed by atoms with E-state index in [9.17, 15) is 13.2 Å². The van der Waals surface area contributed by atoms with E-state index in [0.29, 0.717) is 10.1 Å². The molecule has 0 aliphatic heterocycles. The molecule has 4 nitrogen and oxygen atoms in total. The van der Waals surface area contributed by atoms with Gasteiger partial charge in [-0.3, -0.25) is 0 Å². The number of halogens is 3. The molecule has 0 amide bonds. The van der Waals surface area contributed by atoms with Crippen LogP contribution in [0.2, 0.25) is 0 Å². The molecule has 1 heterocycles. The van der Waals surface area contributed by atoms with Crippen molar-refractivity contribution < 1.29 is 18.3 Å². The third kappa shape index (κ3) is 3.07. The van der Waals surface area contributed by atoms with Gasteiger partial charge >= 0.3 is 6.18 Å². The average molecular weight is 289 g/mol. The van der Waals surface area contributed by atoms with Gasteiger partial charge in [-0.25, -0.2) is 9.67 Å². The zero-order valence-electron chi connectivity index (χ0n) is 9.85. The lowest BCUT2D eigenvalue weighted by molar-refractivity contribution is -0.138. The molecule has 0 aliphatic carbocycles. The summed E-state index contributed by atoms with van der Waals surface area (Å²) in [5.41, 5.74) is -0.975. The number of aryl methyl sites for hydroxylation is 1. The topological polar surface area (TPSA) is 50.9 Å². The Labute approximate surface area is 111 Å². The van der Waals surface area contributed by atoms with Gasteiger partial charge in [-0.15, -0.1) is 0 Å². The van der Waals surface area contributed by atoms with Gasteiger partial charge in [-0.2, -0.15) is 18.3 Å². The van der Waals surface area contributed by atoms with Crippen molar-refractivity contribution in [3.05, 3.63) is 35.7 Å². The lowest BCUT2D eigenvalue weighted by Crippen LogP contribution is -2.09. The summed E-state index contributed by atoms with van der Waals surface area (Å²) < 4.78 is 39.9. The van der Waals surface area contributed by atoms with Crippen molar-refractivity contribution in [1.29, 1.82) is 0 Å². The summed E-state index contributed by atoms with van der Waals surface area (Å²) in [5.74, 6) is 0. The molecule has 0 radical (unpaired) electrons. The number of aliphatic hydroxyl groups is 1. The van der Waals surface area contributed by atoms with Gasteiger partial charge in [0.25, 0.3) is 0 Å². The maximum absolute atomic E-state index is 12.8. The number of benzene rings is 1. The minimum Gasteiger partial charge on any atom is -0.392 e. The first-order valence-corrected chi connectivity index (χ1v) is 6.06. The second-order valence-electron chi connectivity index (χ2n) is 3.74. The van der Waals surface area contributed by atoms with Gasteiger partial charge in [0.15, 0.2) is 5.16 Å². The van der Waals surface area contributed by atoms with E-state index < -0.39 is 18.3 Å². The molecule has 2 rings (SSSR count). The number of aliphatic hydroxyl groups excluding tert-OH is 1. The van der Waals surface area contributed by atoms with Gasteiger partial charge in [0.2, 0.25) is 0 Å². The molecule has 1 N–H and O–H groups in total. The van der Waals surface area contributed by atoms with Crippen molar-refractivity contribution >= 4 is 11.8 Å². The summed E-state index contributed by atoms with van der Waals surface area (Å²) in [5, 5.41) is 13.3. The maximum Gasteiger partial charge on any atom is 0.416 e. The highest BCUT2D eigenvalue weighted by molar-refractivity contribution is 7.99. The van der Waals surface area contributed by atoms with E-state index in [1.165, 1.54) is 23.1 Å². The smallest absolute Gasteiger partial charge is 0.392 e. The van der Waals surface area contributed by atoms with Crippen LogP contribution < -0.4 is 0 Å². The standard InChI is InChI=1S/C11H10F3N3OS/c1-17-10(15-6-16-17)19-8-3-2-7(5-18)9(4-8)11(12,13)14/h2-4,6,18H,5H2,1H3. The van der Waals surface area contributed by atoms with Crippen LogP contribution in [-0.2, 0) is 19.8 Å². The van der Waals surface area contributed by atoms with E-state index in [2.05, 4.69) is 10.1 Å². The van der Waals surface area contributed by atoms with Gasteiger partial charge in [0, 0.05) is 11.9 Å². The molecule has 0 saturated heterocycles. The Morgan fingerprint density at radius 3 is 2.63 bits per heavy atom. The minimum absolute atomic E-state index is 0.144. The molecule has 8 heteroatoms. The molecule has 0 spiro atoms. The van der Waals surface area contributed by atoms with Gasteiger partial charge in [0.1, 0.15) is 6.33 Å². The summed E-state index contributed by atoms with van der Waals surface area (Å²) in [6, 6.07) is 3.78. The molecule has 0 atom stereocenters. The Morgan fingerprint density at radius 2 is 2.11 bits per heavy atom. The second kappa shape index (κ2) is 5.22. The highest BCUT2D eigenvalue weighted by atomic mass is 32.2. The number of nitrogens with zero attached hydrogens (tertiary/aromatic N) is 3. The summed E-state index contributed by atoms with van der Waals surface area (Å²) in [4.78, 5) is 4.32. The van der Waals surface area contributed by atoms with Gasteiger partial charge < -0.3 is 5.11 Å². The SMILES string of the molecule is Cn1ncnc1Sc1ccc(CO)c(C(F)(F)F)c1. The largest absolute Gasteiger partial charge is 0.416 e. The van der Waals surface area contributed by atoms with Crippen LogP contribution >= 0.6 is 11.8 Å². The van der Waals surface area contributed by atoms with E-state index in [0.717, 1.165) is 17.8 Å². The van der Waals surface area contributed by atoms with Crippen LogP contribution in [0.15, 0.2) is 34.6 Å². The summed E-state index contributed by atoms with van der Waals surface area (Å²) in [6.45, 7) is -0.649. The lowest BCUT2D eigenvalue weighted by atomic mass is 10.1. The highest BCUT2D eigenvalue weighted by Gasteiger charge is 2.33. The Hall–Kier alpha value is -1.54. The molecule has 0 bridgehead atoms. The quantitative estimate of drug-likeness (QED) is 0.943.